The van der Waals surface area contributed by atoms with Gasteiger partial charge in [0.25, 0.3) is 0 Å². The molecule has 0 spiro atoms. The van der Waals surface area contributed by atoms with Gasteiger partial charge in [-0.3, -0.25) is 0 Å². The van der Waals surface area contributed by atoms with Gasteiger partial charge in [-0.15, -0.1) is 0 Å². The lowest BCUT2D eigenvalue weighted by Gasteiger charge is -2.31. The van der Waals surface area contributed by atoms with Gasteiger partial charge in [0, 0.05) is 32.9 Å². The number of hydrogen-bond acceptors (Lipinski definition) is 3. The molecule has 3 heteroatoms. The molecule has 17 heavy (non-hydrogen) atoms. The Morgan fingerprint density at radius 2 is 1.82 bits per heavy atom. The number of rotatable bonds is 12. The molecule has 0 bridgehead atoms. The molecule has 104 valence electrons. The average Bonchev–Trinajstić information content (AvgIpc) is 2.35. The molecule has 0 aliphatic rings. The van der Waals surface area contributed by atoms with E-state index in [0.29, 0.717) is 12.6 Å². The largest absolute Gasteiger partial charge is 0.396 e. The number of methoxy groups -OCH3 is 1. The standard InChI is InChI=1S/C14H31NO2/c1-4-9-14(5-2)15(10-6-7-12-16)11-8-13-17-3/h14,16H,4-13H2,1-3H3. The summed E-state index contributed by atoms with van der Waals surface area (Å²) in [7, 11) is 1.76. The molecule has 1 unspecified atom stereocenters. The minimum Gasteiger partial charge on any atom is -0.396 e. The molecule has 0 saturated carbocycles. The summed E-state index contributed by atoms with van der Waals surface area (Å²) < 4.78 is 5.12. The zero-order valence-electron chi connectivity index (χ0n) is 12.0. The fourth-order valence-corrected chi connectivity index (χ4v) is 2.29. The second kappa shape index (κ2) is 12.3. The molecular formula is C14H31NO2. The first-order chi connectivity index (χ1) is 8.29. The molecule has 0 radical (unpaired) electrons. The van der Waals surface area contributed by atoms with Crippen molar-refractivity contribution >= 4 is 0 Å². The minimum absolute atomic E-state index is 0.316. The molecule has 1 atom stereocenters. The summed E-state index contributed by atoms with van der Waals surface area (Å²) in [5, 5.41) is 8.85. The van der Waals surface area contributed by atoms with Crippen LogP contribution in [0.1, 0.15) is 52.4 Å². The lowest BCUT2D eigenvalue weighted by molar-refractivity contribution is 0.137. The Bertz CT molecular complexity index is 143. The predicted octanol–water partition coefficient (Wildman–Crippen LogP) is 2.68. The highest BCUT2D eigenvalue weighted by Crippen LogP contribution is 2.12. The minimum atomic E-state index is 0.316. The first kappa shape index (κ1) is 16.9. The Balaban J connectivity index is 4.04. The van der Waals surface area contributed by atoms with Crippen LogP contribution < -0.4 is 0 Å². The molecule has 0 heterocycles. The zero-order valence-corrected chi connectivity index (χ0v) is 12.0. The van der Waals surface area contributed by atoms with Crippen molar-refractivity contribution in [2.75, 3.05) is 33.4 Å². The van der Waals surface area contributed by atoms with E-state index in [2.05, 4.69) is 18.7 Å². The maximum Gasteiger partial charge on any atom is 0.0474 e. The number of aliphatic hydroxyl groups excluding tert-OH is 1. The van der Waals surface area contributed by atoms with E-state index in [1.54, 1.807) is 7.11 Å². The first-order valence-corrected chi connectivity index (χ1v) is 7.13. The van der Waals surface area contributed by atoms with Crippen molar-refractivity contribution in [1.82, 2.24) is 4.90 Å². The van der Waals surface area contributed by atoms with Gasteiger partial charge in [-0.25, -0.2) is 0 Å². The fourth-order valence-electron chi connectivity index (χ4n) is 2.29. The van der Waals surface area contributed by atoms with E-state index in [4.69, 9.17) is 9.84 Å². The van der Waals surface area contributed by atoms with Crippen molar-refractivity contribution in [1.29, 1.82) is 0 Å². The molecule has 0 aromatic rings. The number of unbranched alkanes of at least 4 members (excludes halogenated alkanes) is 1. The Morgan fingerprint density at radius 3 is 2.35 bits per heavy atom. The summed E-state index contributed by atoms with van der Waals surface area (Å²) in [5.74, 6) is 0. The van der Waals surface area contributed by atoms with Crippen LogP contribution >= 0.6 is 0 Å². The molecule has 1 N–H and O–H groups in total. The third-order valence-electron chi connectivity index (χ3n) is 3.26. The highest BCUT2D eigenvalue weighted by molar-refractivity contribution is 4.70. The average molecular weight is 245 g/mol. The molecule has 0 aromatic heterocycles. The van der Waals surface area contributed by atoms with Gasteiger partial charge in [0.05, 0.1) is 0 Å². The van der Waals surface area contributed by atoms with Crippen molar-refractivity contribution < 1.29 is 9.84 Å². The molecular weight excluding hydrogens is 214 g/mol. The lowest BCUT2D eigenvalue weighted by Crippen LogP contribution is -2.37. The predicted molar refractivity (Wildman–Crippen MR) is 73.4 cm³/mol. The normalized spacial score (nSPS) is 13.2. The Labute approximate surface area is 107 Å². The van der Waals surface area contributed by atoms with Crippen molar-refractivity contribution in [2.24, 2.45) is 0 Å². The van der Waals surface area contributed by atoms with Crippen LogP contribution in [0.4, 0.5) is 0 Å². The number of aliphatic hydroxyl groups is 1. The van der Waals surface area contributed by atoms with Crippen LogP contribution in [0.5, 0.6) is 0 Å². The molecule has 0 aromatic carbocycles. The summed E-state index contributed by atoms with van der Waals surface area (Å²) in [4.78, 5) is 2.58. The summed E-state index contributed by atoms with van der Waals surface area (Å²) in [6.07, 6.45) is 6.88. The van der Waals surface area contributed by atoms with E-state index in [-0.39, 0.29) is 0 Å². The Kier molecular flexibility index (Phi) is 12.3. The highest BCUT2D eigenvalue weighted by atomic mass is 16.5. The Hall–Kier alpha value is -0.120. The van der Waals surface area contributed by atoms with Crippen molar-refractivity contribution in [3.05, 3.63) is 0 Å². The molecule has 0 aliphatic heterocycles. The number of ether oxygens (including phenoxy) is 1. The van der Waals surface area contributed by atoms with Gasteiger partial charge in [-0.05, 0) is 38.6 Å². The molecule has 3 nitrogen and oxygen atoms in total. The monoisotopic (exact) mass is 245 g/mol. The van der Waals surface area contributed by atoms with Crippen LogP contribution in [0.15, 0.2) is 0 Å². The summed E-state index contributed by atoms with van der Waals surface area (Å²) >= 11 is 0. The van der Waals surface area contributed by atoms with Crippen LogP contribution in [-0.2, 0) is 4.74 Å². The zero-order chi connectivity index (χ0) is 12.9. The first-order valence-electron chi connectivity index (χ1n) is 7.13. The van der Waals surface area contributed by atoms with E-state index in [1.165, 1.54) is 19.3 Å². The maximum absolute atomic E-state index is 8.85. The smallest absolute Gasteiger partial charge is 0.0474 e. The van der Waals surface area contributed by atoms with Gasteiger partial charge in [-0.1, -0.05) is 20.3 Å². The summed E-state index contributed by atoms with van der Waals surface area (Å²) in [6, 6.07) is 0.704. The second-order valence-electron chi connectivity index (χ2n) is 4.66. The van der Waals surface area contributed by atoms with E-state index in [1.807, 2.05) is 0 Å². The van der Waals surface area contributed by atoms with E-state index in [9.17, 15) is 0 Å². The van der Waals surface area contributed by atoms with E-state index < -0.39 is 0 Å². The molecule has 0 amide bonds. The van der Waals surface area contributed by atoms with Crippen LogP contribution in [-0.4, -0.2) is 49.5 Å². The lowest BCUT2D eigenvalue weighted by atomic mass is 10.1. The third kappa shape index (κ3) is 8.58. The van der Waals surface area contributed by atoms with Crippen LogP contribution in [0.3, 0.4) is 0 Å². The molecule has 0 rings (SSSR count). The summed E-state index contributed by atoms with van der Waals surface area (Å²) in [6.45, 7) is 7.93. The second-order valence-corrected chi connectivity index (χ2v) is 4.66. The molecule has 0 aliphatic carbocycles. The Morgan fingerprint density at radius 1 is 1.12 bits per heavy atom. The SMILES string of the molecule is CCCC(CC)N(CCCCO)CCCOC. The third-order valence-corrected chi connectivity index (χ3v) is 3.26. The summed E-state index contributed by atoms with van der Waals surface area (Å²) in [5.41, 5.74) is 0. The fraction of sp³-hybridized carbons (Fsp3) is 1.00. The van der Waals surface area contributed by atoms with Gasteiger partial charge in [0.1, 0.15) is 0 Å². The maximum atomic E-state index is 8.85. The van der Waals surface area contributed by atoms with Gasteiger partial charge in [0.2, 0.25) is 0 Å². The van der Waals surface area contributed by atoms with Gasteiger partial charge in [0.15, 0.2) is 0 Å². The van der Waals surface area contributed by atoms with Crippen LogP contribution in [0.25, 0.3) is 0 Å². The van der Waals surface area contributed by atoms with Gasteiger partial charge >= 0.3 is 0 Å². The van der Waals surface area contributed by atoms with E-state index in [0.717, 1.165) is 39.0 Å². The van der Waals surface area contributed by atoms with Crippen molar-refractivity contribution in [3.8, 4) is 0 Å². The van der Waals surface area contributed by atoms with Gasteiger partial charge in [-0.2, -0.15) is 0 Å². The molecule has 0 saturated heterocycles. The quantitative estimate of drug-likeness (QED) is 0.537. The van der Waals surface area contributed by atoms with Crippen molar-refractivity contribution in [3.63, 3.8) is 0 Å². The molecule has 0 fully saturated rings. The van der Waals surface area contributed by atoms with Crippen molar-refractivity contribution in [2.45, 2.75) is 58.4 Å². The topological polar surface area (TPSA) is 32.7 Å². The highest BCUT2D eigenvalue weighted by Gasteiger charge is 2.14. The van der Waals surface area contributed by atoms with Crippen LogP contribution in [0, 0.1) is 0 Å². The van der Waals surface area contributed by atoms with Crippen LogP contribution in [0.2, 0.25) is 0 Å². The number of hydrogen-bond donors (Lipinski definition) is 1. The number of nitrogens with zero attached hydrogens (tertiary/aromatic N) is 1. The van der Waals surface area contributed by atoms with Gasteiger partial charge < -0.3 is 14.7 Å². The van der Waals surface area contributed by atoms with E-state index >= 15 is 0 Å².